The zero-order valence-electron chi connectivity index (χ0n) is 18.3. The Morgan fingerprint density at radius 3 is 2.31 bits per heavy atom. The van der Waals surface area contributed by atoms with Gasteiger partial charge in [0.1, 0.15) is 0 Å². The summed E-state index contributed by atoms with van der Waals surface area (Å²) in [4.78, 5) is 28.2. The third kappa shape index (κ3) is 5.81. The molecule has 172 valence electrons. The summed E-state index contributed by atoms with van der Waals surface area (Å²) in [6.07, 6.45) is 3.52. The molecule has 32 heavy (non-hydrogen) atoms. The molecule has 4 rings (SSSR count). The van der Waals surface area contributed by atoms with Gasteiger partial charge in [-0.15, -0.1) is 12.4 Å². The summed E-state index contributed by atoms with van der Waals surface area (Å²) < 4.78 is 0. The second-order valence-corrected chi connectivity index (χ2v) is 8.56. The molecule has 2 aliphatic rings. The van der Waals surface area contributed by atoms with Crippen molar-refractivity contribution in [2.24, 2.45) is 5.92 Å². The van der Waals surface area contributed by atoms with E-state index >= 15 is 0 Å². The third-order valence-electron chi connectivity index (χ3n) is 6.55. The van der Waals surface area contributed by atoms with E-state index in [0.29, 0.717) is 12.5 Å². The smallest absolute Gasteiger partial charge is 0.324 e. The number of anilines is 1. The molecule has 1 atom stereocenters. The lowest BCUT2D eigenvalue weighted by Gasteiger charge is -2.25. The minimum Gasteiger partial charge on any atom is -0.481 e. The van der Waals surface area contributed by atoms with Crippen molar-refractivity contribution in [1.29, 1.82) is 0 Å². The molecule has 2 aromatic rings. The van der Waals surface area contributed by atoms with Crippen LogP contribution in [0.4, 0.5) is 10.5 Å². The van der Waals surface area contributed by atoms with Gasteiger partial charge < -0.3 is 15.3 Å². The molecule has 0 radical (unpaired) electrons. The van der Waals surface area contributed by atoms with Gasteiger partial charge in [-0.1, -0.05) is 42.5 Å². The lowest BCUT2D eigenvalue weighted by atomic mass is 9.88. The molecular weight excluding hydrogens is 426 g/mol. The average molecular weight is 458 g/mol. The molecule has 0 aliphatic carbocycles. The number of carbonyl (C=O) groups excluding carboxylic acids is 1. The highest BCUT2D eigenvalue weighted by molar-refractivity contribution is 5.94. The summed E-state index contributed by atoms with van der Waals surface area (Å²) in [6.45, 7) is 4.46. The van der Waals surface area contributed by atoms with Crippen LogP contribution in [0.1, 0.15) is 42.7 Å². The molecule has 2 fully saturated rings. The predicted molar refractivity (Wildman–Crippen MR) is 129 cm³/mol. The standard InChI is InChI=1S/C25H31N3O3.ClH/c29-24(30)18-23(20-4-2-1-3-5-20)21-6-8-22(9-7-21)28-17-16-27(25(28)31)15-12-19-10-13-26-14-11-19;/h1-9,19,23,26H,10-18H2,(H,29,30);1H. The van der Waals surface area contributed by atoms with E-state index in [9.17, 15) is 14.7 Å². The van der Waals surface area contributed by atoms with Crippen LogP contribution in [-0.2, 0) is 4.79 Å². The van der Waals surface area contributed by atoms with Crippen LogP contribution in [0.25, 0.3) is 0 Å². The number of benzene rings is 2. The average Bonchev–Trinajstić information content (AvgIpc) is 3.17. The van der Waals surface area contributed by atoms with E-state index in [4.69, 9.17) is 0 Å². The highest BCUT2D eigenvalue weighted by Gasteiger charge is 2.30. The number of nitrogens with zero attached hydrogens (tertiary/aromatic N) is 2. The van der Waals surface area contributed by atoms with Crippen LogP contribution in [0.3, 0.4) is 0 Å². The molecule has 1 unspecified atom stereocenters. The van der Waals surface area contributed by atoms with Gasteiger partial charge in [0.2, 0.25) is 0 Å². The molecule has 2 amide bonds. The van der Waals surface area contributed by atoms with Crippen molar-refractivity contribution in [3.05, 3.63) is 65.7 Å². The number of amides is 2. The van der Waals surface area contributed by atoms with Crippen LogP contribution >= 0.6 is 12.4 Å². The van der Waals surface area contributed by atoms with Crippen molar-refractivity contribution in [2.75, 3.05) is 37.6 Å². The minimum absolute atomic E-state index is 0. The van der Waals surface area contributed by atoms with Crippen LogP contribution in [0, 0.1) is 5.92 Å². The molecule has 2 aromatic carbocycles. The van der Waals surface area contributed by atoms with Gasteiger partial charge in [0.05, 0.1) is 6.42 Å². The molecule has 2 aliphatic heterocycles. The number of piperidine rings is 1. The third-order valence-corrected chi connectivity index (χ3v) is 6.55. The number of halogens is 1. The Labute approximate surface area is 196 Å². The molecule has 6 nitrogen and oxygen atoms in total. The summed E-state index contributed by atoms with van der Waals surface area (Å²) in [6, 6.07) is 17.6. The van der Waals surface area contributed by atoms with Crippen molar-refractivity contribution in [2.45, 2.75) is 31.6 Å². The number of hydrogen-bond acceptors (Lipinski definition) is 3. The molecule has 0 saturated carbocycles. The highest BCUT2D eigenvalue weighted by atomic mass is 35.5. The van der Waals surface area contributed by atoms with E-state index in [2.05, 4.69) is 5.32 Å². The van der Waals surface area contributed by atoms with Crippen LogP contribution < -0.4 is 10.2 Å². The fourth-order valence-electron chi connectivity index (χ4n) is 4.71. The SMILES string of the molecule is Cl.O=C(O)CC(c1ccccc1)c1ccc(N2CCN(CCC3CCNCC3)C2=O)cc1. The minimum atomic E-state index is -0.822. The van der Waals surface area contributed by atoms with E-state index in [0.717, 1.165) is 49.4 Å². The fourth-order valence-corrected chi connectivity index (χ4v) is 4.71. The van der Waals surface area contributed by atoms with E-state index < -0.39 is 5.97 Å². The first-order chi connectivity index (χ1) is 15.1. The van der Waals surface area contributed by atoms with Crippen LogP contribution in [0.2, 0.25) is 0 Å². The maximum absolute atomic E-state index is 12.9. The van der Waals surface area contributed by atoms with Gasteiger partial charge in [0.15, 0.2) is 0 Å². The van der Waals surface area contributed by atoms with Gasteiger partial charge in [0.25, 0.3) is 0 Å². The Balaban J connectivity index is 0.00000289. The Morgan fingerprint density at radius 2 is 1.66 bits per heavy atom. The summed E-state index contributed by atoms with van der Waals surface area (Å²) in [5.41, 5.74) is 2.81. The highest BCUT2D eigenvalue weighted by Crippen LogP contribution is 2.30. The maximum atomic E-state index is 12.9. The second-order valence-electron chi connectivity index (χ2n) is 8.56. The first-order valence-corrected chi connectivity index (χ1v) is 11.3. The van der Waals surface area contributed by atoms with Crippen molar-refractivity contribution in [3.63, 3.8) is 0 Å². The number of aliphatic carboxylic acids is 1. The van der Waals surface area contributed by atoms with Gasteiger partial charge in [-0.05, 0) is 61.5 Å². The van der Waals surface area contributed by atoms with Crippen LogP contribution in [-0.4, -0.2) is 54.7 Å². The Hall–Kier alpha value is -2.57. The topological polar surface area (TPSA) is 72.9 Å². The molecular formula is C25H32ClN3O3. The van der Waals surface area contributed by atoms with E-state index in [1.807, 2.05) is 64.4 Å². The molecule has 0 aromatic heterocycles. The molecule has 0 spiro atoms. The van der Waals surface area contributed by atoms with Crippen molar-refractivity contribution in [1.82, 2.24) is 10.2 Å². The monoisotopic (exact) mass is 457 g/mol. The summed E-state index contributed by atoms with van der Waals surface area (Å²) in [5.74, 6) is -0.313. The summed E-state index contributed by atoms with van der Waals surface area (Å²) >= 11 is 0. The number of hydrogen-bond donors (Lipinski definition) is 2. The van der Waals surface area contributed by atoms with Gasteiger partial charge in [-0.3, -0.25) is 9.69 Å². The Kier molecular flexibility index (Phi) is 8.53. The second kappa shape index (κ2) is 11.3. The van der Waals surface area contributed by atoms with Crippen molar-refractivity contribution in [3.8, 4) is 0 Å². The zero-order chi connectivity index (χ0) is 21.6. The zero-order valence-corrected chi connectivity index (χ0v) is 19.1. The first kappa shape index (κ1) is 24.1. The molecule has 2 saturated heterocycles. The summed E-state index contributed by atoms with van der Waals surface area (Å²) in [7, 11) is 0. The van der Waals surface area contributed by atoms with E-state index in [1.54, 1.807) is 0 Å². The van der Waals surface area contributed by atoms with E-state index in [-0.39, 0.29) is 30.8 Å². The maximum Gasteiger partial charge on any atom is 0.324 e. The molecule has 7 heteroatoms. The number of carboxylic acid groups (broad SMARTS) is 1. The fraction of sp³-hybridized carbons (Fsp3) is 0.440. The predicted octanol–water partition coefficient (Wildman–Crippen LogP) is 4.35. The Morgan fingerprint density at radius 1 is 1.00 bits per heavy atom. The number of urea groups is 1. The quantitative estimate of drug-likeness (QED) is 0.618. The first-order valence-electron chi connectivity index (χ1n) is 11.3. The van der Waals surface area contributed by atoms with Crippen LogP contribution in [0.15, 0.2) is 54.6 Å². The largest absolute Gasteiger partial charge is 0.481 e. The van der Waals surface area contributed by atoms with E-state index in [1.165, 1.54) is 12.8 Å². The molecule has 0 bridgehead atoms. The summed E-state index contributed by atoms with van der Waals surface area (Å²) in [5, 5.41) is 12.8. The van der Waals surface area contributed by atoms with Gasteiger partial charge in [-0.2, -0.15) is 0 Å². The van der Waals surface area contributed by atoms with Crippen molar-refractivity contribution >= 4 is 30.1 Å². The van der Waals surface area contributed by atoms with Gasteiger partial charge in [0, 0.05) is 31.2 Å². The van der Waals surface area contributed by atoms with Crippen LogP contribution in [0.5, 0.6) is 0 Å². The molecule has 2 N–H and O–H groups in total. The van der Waals surface area contributed by atoms with Crippen molar-refractivity contribution < 1.29 is 14.7 Å². The number of rotatable bonds is 8. The molecule has 2 heterocycles. The lowest BCUT2D eigenvalue weighted by molar-refractivity contribution is -0.137. The van der Waals surface area contributed by atoms with Gasteiger partial charge >= 0.3 is 12.0 Å². The number of carbonyl (C=O) groups is 2. The Bertz CT molecular complexity index is 885. The lowest BCUT2D eigenvalue weighted by Crippen LogP contribution is -2.34. The number of carboxylic acids is 1. The number of nitrogens with one attached hydrogen (secondary N) is 1. The van der Waals surface area contributed by atoms with Gasteiger partial charge in [-0.25, -0.2) is 4.79 Å². The normalized spacial score (nSPS) is 17.8.